The predicted molar refractivity (Wildman–Crippen MR) is 89.4 cm³/mol. The molecule has 0 fully saturated rings. The molecule has 0 aliphatic carbocycles. The van der Waals surface area contributed by atoms with Crippen molar-refractivity contribution in [1.29, 1.82) is 0 Å². The van der Waals surface area contributed by atoms with Crippen molar-refractivity contribution in [3.63, 3.8) is 0 Å². The fourth-order valence-corrected chi connectivity index (χ4v) is 2.69. The predicted octanol–water partition coefficient (Wildman–Crippen LogP) is 3.02. The van der Waals surface area contributed by atoms with Crippen LogP contribution in [0.15, 0.2) is 53.5 Å². The summed E-state index contributed by atoms with van der Waals surface area (Å²) >= 11 is 5.98. The van der Waals surface area contributed by atoms with Crippen molar-refractivity contribution in [3.05, 3.63) is 65.2 Å². The van der Waals surface area contributed by atoms with Gasteiger partial charge >= 0.3 is 0 Å². The average Bonchev–Trinajstić information content (AvgIpc) is 2.74. The summed E-state index contributed by atoms with van der Waals surface area (Å²) in [7, 11) is 0. The zero-order valence-corrected chi connectivity index (χ0v) is 12.5. The van der Waals surface area contributed by atoms with E-state index in [0.717, 1.165) is 28.1 Å². The van der Waals surface area contributed by atoms with Gasteiger partial charge in [-0.2, -0.15) is 0 Å². The molecule has 0 aromatic heterocycles. The minimum atomic E-state index is 0.159. The maximum Gasteiger partial charge on any atom is 0.0740 e. The Morgan fingerprint density at radius 1 is 1.19 bits per heavy atom. The average molecular weight is 300 g/mol. The van der Waals surface area contributed by atoms with Crippen LogP contribution in [0, 0.1) is 0 Å². The Morgan fingerprint density at radius 2 is 2.00 bits per heavy atom. The summed E-state index contributed by atoms with van der Waals surface area (Å²) < 4.78 is 0. The van der Waals surface area contributed by atoms with Crippen LogP contribution < -0.4 is 11.1 Å². The molecule has 1 atom stereocenters. The van der Waals surface area contributed by atoms with Crippen LogP contribution in [0.2, 0.25) is 0 Å². The second-order valence-corrected chi connectivity index (χ2v) is 5.41. The van der Waals surface area contributed by atoms with E-state index >= 15 is 0 Å². The number of anilines is 1. The van der Waals surface area contributed by atoms with Crippen molar-refractivity contribution >= 4 is 23.0 Å². The molecule has 21 heavy (non-hydrogen) atoms. The van der Waals surface area contributed by atoms with Gasteiger partial charge in [-0.15, -0.1) is 11.6 Å². The lowest BCUT2D eigenvalue weighted by atomic mass is 9.99. The summed E-state index contributed by atoms with van der Waals surface area (Å²) in [4.78, 5) is 4.79. The molecule has 1 aliphatic heterocycles. The van der Waals surface area contributed by atoms with Crippen molar-refractivity contribution < 1.29 is 0 Å². The van der Waals surface area contributed by atoms with E-state index in [0.29, 0.717) is 19.0 Å². The number of benzene rings is 2. The lowest BCUT2D eigenvalue weighted by molar-refractivity contribution is 0.743. The second kappa shape index (κ2) is 6.29. The van der Waals surface area contributed by atoms with Crippen molar-refractivity contribution in [3.8, 4) is 0 Å². The molecule has 0 bridgehead atoms. The first kappa shape index (κ1) is 14.1. The molecule has 3 nitrogen and oxygen atoms in total. The van der Waals surface area contributed by atoms with Gasteiger partial charge in [0.05, 0.1) is 18.3 Å². The number of nitrogens with zero attached hydrogens (tertiary/aromatic N) is 1. The van der Waals surface area contributed by atoms with E-state index in [1.807, 2.05) is 24.3 Å². The molecular weight excluding hydrogens is 282 g/mol. The molecule has 0 amide bonds. The van der Waals surface area contributed by atoms with E-state index in [9.17, 15) is 0 Å². The molecule has 0 radical (unpaired) electrons. The van der Waals surface area contributed by atoms with Gasteiger partial charge in [0.1, 0.15) is 0 Å². The molecule has 3 rings (SSSR count). The molecule has 108 valence electrons. The van der Waals surface area contributed by atoms with Crippen LogP contribution in [0.25, 0.3) is 0 Å². The van der Waals surface area contributed by atoms with E-state index in [2.05, 4.69) is 29.6 Å². The van der Waals surface area contributed by atoms with Crippen LogP contribution in [0.1, 0.15) is 16.7 Å². The highest BCUT2D eigenvalue weighted by Gasteiger charge is 2.19. The van der Waals surface area contributed by atoms with E-state index in [-0.39, 0.29) is 6.04 Å². The van der Waals surface area contributed by atoms with Gasteiger partial charge in [0.2, 0.25) is 0 Å². The highest BCUT2D eigenvalue weighted by molar-refractivity contribution is 6.18. The Kier molecular flexibility index (Phi) is 4.23. The van der Waals surface area contributed by atoms with Crippen molar-refractivity contribution in [2.75, 3.05) is 18.4 Å². The summed E-state index contributed by atoms with van der Waals surface area (Å²) in [5, 5.41) is 3.48. The summed E-state index contributed by atoms with van der Waals surface area (Å²) in [6.07, 6.45) is 0. The van der Waals surface area contributed by atoms with Gasteiger partial charge in [0.15, 0.2) is 0 Å². The van der Waals surface area contributed by atoms with E-state index in [4.69, 9.17) is 22.3 Å². The molecule has 0 saturated heterocycles. The maximum atomic E-state index is 5.98. The Bertz CT molecular complexity index is 652. The first-order valence-electron chi connectivity index (χ1n) is 7.07. The number of aliphatic imine (C=N–C) groups is 1. The zero-order valence-electron chi connectivity index (χ0n) is 11.7. The lowest BCUT2D eigenvalue weighted by Gasteiger charge is -2.16. The van der Waals surface area contributed by atoms with Gasteiger partial charge in [-0.25, -0.2) is 0 Å². The number of benzodiazepines with no additional fused rings is 1. The zero-order chi connectivity index (χ0) is 14.7. The third kappa shape index (κ3) is 2.94. The minimum Gasteiger partial charge on any atom is -0.379 e. The fraction of sp³-hybridized carbons (Fsp3) is 0.235. The Labute approximate surface area is 129 Å². The number of halogens is 1. The summed E-state index contributed by atoms with van der Waals surface area (Å²) in [6.45, 7) is 1.23. The van der Waals surface area contributed by atoms with Gasteiger partial charge < -0.3 is 11.1 Å². The van der Waals surface area contributed by atoms with Crippen LogP contribution in [0.5, 0.6) is 0 Å². The van der Waals surface area contributed by atoms with Crippen LogP contribution >= 0.6 is 11.6 Å². The van der Waals surface area contributed by atoms with E-state index in [1.165, 1.54) is 0 Å². The summed E-state index contributed by atoms with van der Waals surface area (Å²) in [6, 6.07) is 16.6. The number of hydrogen-bond acceptors (Lipinski definition) is 3. The molecular formula is C17H18ClN3. The van der Waals surface area contributed by atoms with Gasteiger partial charge in [-0.1, -0.05) is 36.4 Å². The highest BCUT2D eigenvalue weighted by Crippen LogP contribution is 2.25. The summed E-state index contributed by atoms with van der Waals surface area (Å²) in [5.41, 5.74) is 11.2. The number of hydrogen-bond donors (Lipinski definition) is 2. The van der Waals surface area contributed by atoms with Crippen LogP contribution in [-0.2, 0) is 5.88 Å². The van der Waals surface area contributed by atoms with Crippen LogP contribution in [0.4, 0.5) is 5.69 Å². The van der Waals surface area contributed by atoms with Gasteiger partial charge in [0, 0.05) is 29.2 Å². The standard InChI is InChI=1S/C17H18ClN3/c18-9-12-6-7-16-15(8-12)17(13-4-2-1-3-5-13)20-11-14(10-19)21-16/h1-8,14,21H,9-11,19H2. The number of alkyl halides is 1. The fourth-order valence-electron chi connectivity index (χ4n) is 2.52. The molecule has 2 aromatic rings. The molecule has 4 heteroatoms. The monoisotopic (exact) mass is 299 g/mol. The number of nitrogens with one attached hydrogen (secondary N) is 1. The Morgan fingerprint density at radius 3 is 2.71 bits per heavy atom. The molecule has 1 heterocycles. The molecule has 0 spiro atoms. The van der Waals surface area contributed by atoms with Gasteiger partial charge in [-0.3, -0.25) is 4.99 Å². The van der Waals surface area contributed by atoms with Crippen LogP contribution in [0.3, 0.4) is 0 Å². The number of nitrogens with two attached hydrogens (primary N) is 1. The Hall–Kier alpha value is -1.84. The van der Waals surface area contributed by atoms with Gasteiger partial charge in [-0.05, 0) is 17.7 Å². The van der Waals surface area contributed by atoms with Crippen LogP contribution in [-0.4, -0.2) is 24.8 Å². The van der Waals surface area contributed by atoms with Crippen molar-refractivity contribution in [2.45, 2.75) is 11.9 Å². The summed E-state index contributed by atoms with van der Waals surface area (Å²) in [5.74, 6) is 0.496. The topological polar surface area (TPSA) is 50.4 Å². The molecule has 1 unspecified atom stereocenters. The molecule has 1 aliphatic rings. The molecule has 0 saturated carbocycles. The third-order valence-electron chi connectivity index (χ3n) is 3.65. The first-order valence-corrected chi connectivity index (χ1v) is 7.61. The number of rotatable bonds is 3. The molecule has 3 N–H and O–H groups in total. The second-order valence-electron chi connectivity index (χ2n) is 5.15. The quantitative estimate of drug-likeness (QED) is 0.856. The van der Waals surface area contributed by atoms with E-state index < -0.39 is 0 Å². The molecule has 2 aromatic carbocycles. The highest BCUT2D eigenvalue weighted by atomic mass is 35.5. The number of fused-ring (bicyclic) bond motifs is 1. The lowest BCUT2D eigenvalue weighted by Crippen LogP contribution is -2.31. The van der Waals surface area contributed by atoms with Crippen molar-refractivity contribution in [1.82, 2.24) is 0 Å². The largest absolute Gasteiger partial charge is 0.379 e. The van der Waals surface area contributed by atoms with E-state index in [1.54, 1.807) is 0 Å². The minimum absolute atomic E-state index is 0.159. The smallest absolute Gasteiger partial charge is 0.0740 e. The normalized spacial score (nSPS) is 17.4. The van der Waals surface area contributed by atoms with Crippen molar-refractivity contribution in [2.24, 2.45) is 10.7 Å². The van der Waals surface area contributed by atoms with Gasteiger partial charge in [0.25, 0.3) is 0 Å². The maximum absolute atomic E-state index is 5.98. The Balaban J connectivity index is 2.13. The SMILES string of the molecule is NCC1CN=C(c2ccccc2)c2cc(CCl)ccc2N1. The first-order chi connectivity index (χ1) is 10.3. The third-order valence-corrected chi connectivity index (χ3v) is 3.96.